The predicted molar refractivity (Wildman–Crippen MR) is 57.9 cm³/mol. The van der Waals surface area contributed by atoms with Gasteiger partial charge in [0.15, 0.2) is 0 Å². The van der Waals surface area contributed by atoms with E-state index >= 15 is 0 Å². The molecule has 0 unspecified atom stereocenters. The first-order valence-electron chi connectivity index (χ1n) is 5.02. The Kier molecular flexibility index (Phi) is 3.02. The number of aliphatic hydroxyl groups is 1. The van der Waals surface area contributed by atoms with Crippen molar-refractivity contribution >= 4 is 17.2 Å². The number of carbonyl (C=O) groups excluding carboxylic acids is 1. The molecule has 1 aliphatic heterocycles. The van der Waals surface area contributed by atoms with E-state index in [4.69, 9.17) is 5.11 Å². The molecule has 2 heterocycles. The minimum absolute atomic E-state index is 0.0611. The van der Waals surface area contributed by atoms with Gasteiger partial charge in [0.05, 0.1) is 11.2 Å². The first-order chi connectivity index (χ1) is 7.22. The van der Waals surface area contributed by atoms with Crippen LogP contribution in [0, 0.1) is 12.8 Å². The molecule has 0 aliphatic carbocycles. The lowest BCUT2D eigenvalue weighted by Crippen LogP contribution is -2.28. The Balaban J connectivity index is 2.07. The summed E-state index contributed by atoms with van der Waals surface area (Å²) < 4.78 is 0. The van der Waals surface area contributed by atoms with Gasteiger partial charge in [-0.25, -0.2) is 4.98 Å². The van der Waals surface area contributed by atoms with Crippen molar-refractivity contribution in [3.8, 4) is 0 Å². The van der Waals surface area contributed by atoms with Gasteiger partial charge in [-0.2, -0.15) is 0 Å². The summed E-state index contributed by atoms with van der Waals surface area (Å²) in [5.41, 5.74) is 2.50. The number of hydrogen-bond acceptors (Lipinski definition) is 4. The minimum Gasteiger partial charge on any atom is -0.396 e. The average Bonchev–Trinajstić information content (AvgIpc) is 2.84. The van der Waals surface area contributed by atoms with Crippen LogP contribution in [0.15, 0.2) is 5.51 Å². The molecule has 1 aromatic rings. The average molecular weight is 226 g/mol. The Morgan fingerprint density at radius 1 is 1.80 bits per heavy atom. The second kappa shape index (κ2) is 4.28. The monoisotopic (exact) mass is 226 g/mol. The van der Waals surface area contributed by atoms with E-state index in [9.17, 15) is 4.79 Å². The molecule has 0 radical (unpaired) electrons. The number of carbonyl (C=O) groups is 1. The van der Waals surface area contributed by atoms with Gasteiger partial charge in [-0.05, 0) is 13.3 Å². The van der Waals surface area contributed by atoms with Crippen LogP contribution in [0.1, 0.15) is 21.8 Å². The van der Waals surface area contributed by atoms with Crippen molar-refractivity contribution in [3.63, 3.8) is 0 Å². The van der Waals surface area contributed by atoms with Crippen LogP contribution in [0.2, 0.25) is 0 Å². The largest absolute Gasteiger partial charge is 0.396 e. The lowest BCUT2D eigenvalue weighted by atomic mass is 10.1. The summed E-state index contributed by atoms with van der Waals surface area (Å²) in [7, 11) is 0. The Bertz CT molecular complexity index is 364. The summed E-state index contributed by atoms with van der Waals surface area (Å²) in [6.07, 6.45) is 0.903. The first-order valence-corrected chi connectivity index (χ1v) is 5.90. The van der Waals surface area contributed by atoms with Gasteiger partial charge < -0.3 is 10.0 Å². The number of amides is 1. The van der Waals surface area contributed by atoms with Gasteiger partial charge in [0.2, 0.25) is 0 Å². The third-order valence-corrected chi connectivity index (χ3v) is 3.69. The molecule has 82 valence electrons. The van der Waals surface area contributed by atoms with Gasteiger partial charge >= 0.3 is 0 Å². The van der Waals surface area contributed by atoms with E-state index in [1.807, 2.05) is 6.92 Å². The zero-order valence-electron chi connectivity index (χ0n) is 8.64. The number of thiazole rings is 1. The van der Waals surface area contributed by atoms with E-state index in [0.717, 1.165) is 23.5 Å². The highest BCUT2D eigenvalue weighted by atomic mass is 32.1. The molecular weight excluding hydrogens is 212 g/mol. The Morgan fingerprint density at radius 3 is 3.13 bits per heavy atom. The van der Waals surface area contributed by atoms with Gasteiger partial charge in [-0.1, -0.05) is 0 Å². The molecule has 4 nitrogen and oxygen atoms in total. The molecule has 0 spiro atoms. The van der Waals surface area contributed by atoms with Crippen LogP contribution >= 0.6 is 11.3 Å². The van der Waals surface area contributed by atoms with Crippen LogP contribution in [-0.2, 0) is 0 Å². The number of aromatic nitrogens is 1. The number of hydrogen-bond donors (Lipinski definition) is 1. The van der Waals surface area contributed by atoms with Crippen LogP contribution < -0.4 is 0 Å². The van der Waals surface area contributed by atoms with Crippen molar-refractivity contribution in [2.45, 2.75) is 13.3 Å². The Hall–Kier alpha value is -0.940. The molecule has 0 aromatic carbocycles. The van der Waals surface area contributed by atoms with Crippen LogP contribution in [-0.4, -0.2) is 40.6 Å². The van der Waals surface area contributed by atoms with E-state index in [1.54, 1.807) is 10.4 Å². The third-order valence-electron chi connectivity index (χ3n) is 2.77. The van der Waals surface area contributed by atoms with Gasteiger partial charge in [0.1, 0.15) is 4.88 Å². The van der Waals surface area contributed by atoms with Crippen LogP contribution in [0.3, 0.4) is 0 Å². The fourth-order valence-electron chi connectivity index (χ4n) is 1.82. The normalized spacial score (nSPS) is 20.9. The van der Waals surface area contributed by atoms with Crippen LogP contribution in [0.4, 0.5) is 0 Å². The summed E-state index contributed by atoms with van der Waals surface area (Å²) in [6.45, 7) is 3.45. The van der Waals surface area contributed by atoms with Crippen LogP contribution in [0.25, 0.3) is 0 Å². The molecule has 1 atom stereocenters. The molecule has 1 saturated heterocycles. The zero-order valence-corrected chi connectivity index (χ0v) is 9.46. The van der Waals surface area contributed by atoms with E-state index in [1.165, 1.54) is 11.3 Å². The van der Waals surface area contributed by atoms with E-state index in [2.05, 4.69) is 4.98 Å². The predicted octanol–water partition coefficient (Wildman–Crippen LogP) is 0.906. The summed E-state index contributed by atoms with van der Waals surface area (Å²) in [4.78, 5) is 18.6. The number of nitrogens with zero attached hydrogens (tertiary/aromatic N) is 2. The van der Waals surface area contributed by atoms with Crippen molar-refractivity contribution < 1.29 is 9.90 Å². The topological polar surface area (TPSA) is 53.4 Å². The van der Waals surface area contributed by atoms with Gasteiger partial charge in [0.25, 0.3) is 5.91 Å². The first kappa shape index (κ1) is 10.6. The molecule has 0 saturated carbocycles. The van der Waals surface area contributed by atoms with E-state index < -0.39 is 0 Å². The summed E-state index contributed by atoms with van der Waals surface area (Å²) in [5, 5.41) is 9.00. The number of likely N-dealkylation sites (tertiary alicyclic amines) is 1. The fourth-order valence-corrected chi connectivity index (χ4v) is 2.59. The molecular formula is C10H14N2O2S. The Morgan fingerprint density at radius 2 is 2.60 bits per heavy atom. The molecule has 1 fully saturated rings. The molecule has 5 heteroatoms. The second-order valence-electron chi connectivity index (χ2n) is 3.86. The number of rotatable bonds is 2. The molecule has 1 amide bonds. The maximum atomic E-state index is 12.0. The van der Waals surface area contributed by atoms with E-state index in [0.29, 0.717) is 6.54 Å². The quantitative estimate of drug-likeness (QED) is 0.815. The maximum Gasteiger partial charge on any atom is 0.265 e. The maximum absolute atomic E-state index is 12.0. The number of aryl methyl sites for hydroxylation is 1. The van der Waals surface area contributed by atoms with Crippen molar-refractivity contribution in [2.75, 3.05) is 19.7 Å². The van der Waals surface area contributed by atoms with Gasteiger partial charge in [-0.15, -0.1) is 11.3 Å². The molecule has 1 aromatic heterocycles. The molecule has 1 N–H and O–H groups in total. The van der Waals surface area contributed by atoms with Gasteiger partial charge in [-0.3, -0.25) is 4.79 Å². The smallest absolute Gasteiger partial charge is 0.265 e. The molecule has 15 heavy (non-hydrogen) atoms. The minimum atomic E-state index is 0.0611. The fraction of sp³-hybridized carbons (Fsp3) is 0.600. The summed E-state index contributed by atoms with van der Waals surface area (Å²) in [5.74, 6) is 0.313. The lowest BCUT2D eigenvalue weighted by Gasteiger charge is -2.15. The standard InChI is InChI=1S/C10H14N2O2S/c1-7-9(15-6-11-7)10(14)12-3-2-8(4-12)5-13/h6,8,13H,2-5H2,1H3/t8-/m1/s1. The summed E-state index contributed by atoms with van der Waals surface area (Å²) in [6, 6.07) is 0. The van der Waals surface area contributed by atoms with Crippen molar-refractivity contribution in [1.29, 1.82) is 0 Å². The van der Waals surface area contributed by atoms with Crippen molar-refractivity contribution in [1.82, 2.24) is 9.88 Å². The second-order valence-corrected chi connectivity index (χ2v) is 4.71. The van der Waals surface area contributed by atoms with Gasteiger partial charge in [0, 0.05) is 25.6 Å². The summed E-state index contributed by atoms with van der Waals surface area (Å²) >= 11 is 1.39. The number of aliphatic hydroxyl groups excluding tert-OH is 1. The SMILES string of the molecule is Cc1ncsc1C(=O)N1CC[C@@H](CO)C1. The zero-order chi connectivity index (χ0) is 10.8. The van der Waals surface area contributed by atoms with Crippen molar-refractivity contribution in [3.05, 3.63) is 16.1 Å². The van der Waals surface area contributed by atoms with E-state index in [-0.39, 0.29) is 18.4 Å². The highest BCUT2D eigenvalue weighted by molar-refractivity contribution is 7.11. The molecule has 1 aliphatic rings. The lowest BCUT2D eigenvalue weighted by molar-refractivity contribution is 0.0785. The van der Waals surface area contributed by atoms with Crippen LogP contribution in [0.5, 0.6) is 0 Å². The van der Waals surface area contributed by atoms with Crippen molar-refractivity contribution in [2.24, 2.45) is 5.92 Å². The molecule has 2 rings (SSSR count). The Labute approximate surface area is 92.6 Å². The third kappa shape index (κ3) is 2.03. The molecule has 0 bridgehead atoms. The highest BCUT2D eigenvalue weighted by Gasteiger charge is 2.27. The highest BCUT2D eigenvalue weighted by Crippen LogP contribution is 2.21.